The lowest BCUT2D eigenvalue weighted by molar-refractivity contribution is -0.133. The number of anilines is 1. The van der Waals surface area contributed by atoms with Crippen molar-refractivity contribution in [3.8, 4) is 5.13 Å². The molecule has 1 saturated heterocycles. The maximum absolute atomic E-state index is 12.0. The molecule has 0 unspecified atom stereocenters. The molecule has 1 aliphatic heterocycles. The van der Waals surface area contributed by atoms with Crippen LogP contribution < -0.4 is 4.90 Å². The van der Waals surface area contributed by atoms with Crippen LogP contribution in [0.15, 0.2) is 18.3 Å². The summed E-state index contributed by atoms with van der Waals surface area (Å²) in [6.07, 6.45) is 4.26. The Morgan fingerprint density at radius 2 is 2.00 bits per heavy atom. The minimum Gasteiger partial charge on any atom is -0.349 e. The average molecular weight is 333 g/mol. The molecule has 8 heteroatoms. The van der Waals surface area contributed by atoms with Gasteiger partial charge < -0.3 is 9.80 Å². The van der Waals surface area contributed by atoms with Crippen LogP contribution in [0, 0.1) is 5.92 Å². The highest BCUT2D eigenvalue weighted by molar-refractivity contribution is 7.17. The summed E-state index contributed by atoms with van der Waals surface area (Å²) in [7, 11) is 3.60. The molecule has 0 spiro atoms. The van der Waals surface area contributed by atoms with Crippen LogP contribution in [0.4, 0.5) is 5.13 Å². The van der Waals surface area contributed by atoms with E-state index in [9.17, 15) is 9.59 Å². The van der Waals surface area contributed by atoms with Crippen LogP contribution >= 0.6 is 11.3 Å². The number of aromatic nitrogens is 3. The van der Waals surface area contributed by atoms with E-state index < -0.39 is 0 Å². The van der Waals surface area contributed by atoms with Crippen LogP contribution in [0.5, 0.6) is 0 Å². The van der Waals surface area contributed by atoms with E-state index in [1.54, 1.807) is 35.8 Å². The summed E-state index contributed by atoms with van der Waals surface area (Å²) in [4.78, 5) is 26.9. The summed E-state index contributed by atoms with van der Waals surface area (Å²) in [6.45, 7) is 1.59. The van der Waals surface area contributed by atoms with Gasteiger partial charge in [0.25, 0.3) is 0 Å². The summed E-state index contributed by atoms with van der Waals surface area (Å²) < 4.78 is 1.73. The first kappa shape index (κ1) is 15.7. The van der Waals surface area contributed by atoms with Crippen LogP contribution in [-0.4, -0.2) is 59.0 Å². The Morgan fingerprint density at radius 1 is 1.30 bits per heavy atom. The van der Waals surface area contributed by atoms with E-state index in [0.717, 1.165) is 37.3 Å². The molecule has 2 aromatic heterocycles. The normalized spacial score (nSPS) is 15.7. The molecule has 0 aromatic carbocycles. The molecule has 0 radical (unpaired) electrons. The molecule has 3 rings (SSSR count). The Morgan fingerprint density at radius 3 is 2.65 bits per heavy atom. The van der Waals surface area contributed by atoms with Crippen LogP contribution in [0.2, 0.25) is 0 Å². The van der Waals surface area contributed by atoms with Gasteiger partial charge in [-0.05, 0) is 25.0 Å². The number of amides is 1. The summed E-state index contributed by atoms with van der Waals surface area (Å²) in [6, 6.07) is 3.55. The third-order valence-electron chi connectivity index (χ3n) is 4.07. The minimum absolute atomic E-state index is 0.0970. The number of nitrogens with zero attached hydrogens (tertiary/aromatic N) is 5. The zero-order valence-corrected chi connectivity index (χ0v) is 14.0. The lowest BCUT2D eigenvalue weighted by Gasteiger charge is -2.31. The first-order chi connectivity index (χ1) is 11.1. The van der Waals surface area contributed by atoms with Crippen molar-refractivity contribution in [3.05, 3.63) is 24.0 Å². The molecular weight excluding hydrogens is 314 g/mol. The molecule has 122 valence electrons. The van der Waals surface area contributed by atoms with Gasteiger partial charge in [-0.2, -0.15) is 0 Å². The zero-order chi connectivity index (χ0) is 16.4. The molecule has 1 aliphatic rings. The van der Waals surface area contributed by atoms with E-state index in [0.29, 0.717) is 10.8 Å². The van der Waals surface area contributed by atoms with E-state index >= 15 is 0 Å². The van der Waals surface area contributed by atoms with Gasteiger partial charge in [0.1, 0.15) is 0 Å². The van der Waals surface area contributed by atoms with Crippen LogP contribution in [0.3, 0.4) is 0 Å². The first-order valence-corrected chi connectivity index (χ1v) is 8.34. The van der Waals surface area contributed by atoms with Crippen molar-refractivity contribution < 1.29 is 9.59 Å². The van der Waals surface area contributed by atoms with Crippen LogP contribution in [0.25, 0.3) is 5.13 Å². The SMILES string of the molecule is CN(C)C(=O)C1CCN(c2nnc(-n3cccc3C=O)s2)CC1. The lowest BCUT2D eigenvalue weighted by Crippen LogP contribution is -2.40. The maximum Gasteiger partial charge on any atom is 0.225 e. The smallest absolute Gasteiger partial charge is 0.225 e. The van der Waals surface area contributed by atoms with Crippen LogP contribution in [-0.2, 0) is 4.79 Å². The van der Waals surface area contributed by atoms with E-state index in [4.69, 9.17) is 0 Å². The van der Waals surface area contributed by atoms with Crippen molar-refractivity contribution in [2.24, 2.45) is 5.92 Å². The second-order valence-corrected chi connectivity index (χ2v) is 6.72. The third-order valence-corrected chi connectivity index (χ3v) is 5.05. The molecule has 0 N–H and O–H groups in total. The van der Waals surface area contributed by atoms with Gasteiger partial charge in [0.15, 0.2) is 6.29 Å². The summed E-state index contributed by atoms with van der Waals surface area (Å²) >= 11 is 1.46. The molecule has 1 fully saturated rings. The predicted molar refractivity (Wildman–Crippen MR) is 88.3 cm³/mol. The highest BCUT2D eigenvalue weighted by atomic mass is 32.1. The number of carbonyl (C=O) groups excluding carboxylic acids is 2. The number of hydrogen-bond acceptors (Lipinski definition) is 6. The fraction of sp³-hybridized carbons (Fsp3) is 0.467. The highest BCUT2D eigenvalue weighted by Crippen LogP contribution is 2.28. The lowest BCUT2D eigenvalue weighted by atomic mass is 9.96. The third kappa shape index (κ3) is 3.12. The topological polar surface area (TPSA) is 71.3 Å². The number of aldehydes is 1. The van der Waals surface area contributed by atoms with Gasteiger partial charge in [0.05, 0.1) is 5.69 Å². The minimum atomic E-state index is 0.0970. The Hall–Kier alpha value is -2.22. The fourth-order valence-electron chi connectivity index (χ4n) is 2.78. The van der Waals surface area contributed by atoms with Crippen molar-refractivity contribution in [1.29, 1.82) is 0 Å². The van der Waals surface area contributed by atoms with Gasteiger partial charge in [0.2, 0.25) is 16.2 Å². The molecule has 0 aliphatic carbocycles. The quantitative estimate of drug-likeness (QED) is 0.792. The fourth-order valence-corrected chi connectivity index (χ4v) is 3.68. The van der Waals surface area contributed by atoms with E-state index in [-0.39, 0.29) is 11.8 Å². The van der Waals surface area contributed by atoms with Gasteiger partial charge in [-0.3, -0.25) is 14.2 Å². The average Bonchev–Trinajstić information content (AvgIpc) is 3.22. The molecule has 2 aromatic rings. The van der Waals surface area contributed by atoms with Crippen molar-refractivity contribution in [2.75, 3.05) is 32.1 Å². The van der Waals surface area contributed by atoms with Gasteiger partial charge in [-0.15, -0.1) is 10.2 Å². The molecule has 7 nitrogen and oxygen atoms in total. The standard InChI is InChI=1S/C15H19N5O2S/c1-18(2)13(22)11-5-8-19(9-6-11)14-16-17-15(23-14)20-7-3-4-12(20)10-21/h3-4,7,10-11H,5-6,8-9H2,1-2H3. The first-order valence-electron chi connectivity index (χ1n) is 7.52. The second-order valence-electron chi connectivity index (χ2n) is 5.78. The molecule has 0 saturated carbocycles. The van der Waals surface area contributed by atoms with Gasteiger partial charge in [-0.1, -0.05) is 11.3 Å². The predicted octanol–water partition coefficient (Wildman–Crippen LogP) is 1.45. The highest BCUT2D eigenvalue weighted by Gasteiger charge is 2.27. The van der Waals surface area contributed by atoms with E-state index in [1.807, 2.05) is 6.07 Å². The maximum atomic E-state index is 12.0. The molecular formula is C15H19N5O2S. The molecule has 0 atom stereocenters. The number of rotatable bonds is 4. The molecule has 23 heavy (non-hydrogen) atoms. The van der Waals surface area contributed by atoms with Crippen molar-refractivity contribution in [3.63, 3.8) is 0 Å². The number of carbonyl (C=O) groups is 2. The van der Waals surface area contributed by atoms with Gasteiger partial charge in [0, 0.05) is 39.3 Å². The van der Waals surface area contributed by atoms with E-state index in [1.165, 1.54) is 11.3 Å². The molecule has 1 amide bonds. The van der Waals surface area contributed by atoms with Gasteiger partial charge in [-0.25, -0.2) is 0 Å². The number of hydrogen-bond donors (Lipinski definition) is 0. The van der Waals surface area contributed by atoms with Crippen LogP contribution in [0.1, 0.15) is 23.3 Å². The van der Waals surface area contributed by atoms with Crippen molar-refractivity contribution in [2.45, 2.75) is 12.8 Å². The summed E-state index contributed by atoms with van der Waals surface area (Å²) in [5.41, 5.74) is 0.558. The Kier molecular flexibility index (Phi) is 4.42. The molecule has 0 bridgehead atoms. The van der Waals surface area contributed by atoms with E-state index in [2.05, 4.69) is 15.1 Å². The monoisotopic (exact) mass is 333 g/mol. The summed E-state index contributed by atoms with van der Waals surface area (Å²) in [5, 5.41) is 9.93. The Bertz CT molecular complexity index is 700. The second kappa shape index (κ2) is 6.49. The molecule has 3 heterocycles. The Balaban J connectivity index is 1.68. The van der Waals surface area contributed by atoms with Crippen molar-refractivity contribution in [1.82, 2.24) is 19.7 Å². The Labute approximate surface area is 138 Å². The number of piperidine rings is 1. The zero-order valence-electron chi connectivity index (χ0n) is 13.2. The van der Waals surface area contributed by atoms with Gasteiger partial charge >= 0.3 is 0 Å². The largest absolute Gasteiger partial charge is 0.349 e. The van der Waals surface area contributed by atoms with Crippen molar-refractivity contribution >= 4 is 28.7 Å². The summed E-state index contributed by atoms with van der Waals surface area (Å²) in [5.74, 6) is 0.297.